The van der Waals surface area contributed by atoms with Crippen molar-refractivity contribution in [1.82, 2.24) is 20.5 Å². The Labute approximate surface area is 87.3 Å². The summed E-state index contributed by atoms with van der Waals surface area (Å²) in [6.45, 7) is 2.82. The minimum atomic E-state index is -0.0598. The molecule has 1 aromatic rings. The average Bonchev–Trinajstić information content (AvgIpc) is 2.69. The number of nitrogens with one attached hydrogen (secondary N) is 2. The number of rotatable bonds is 6. The second kappa shape index (κ2) is 6.40. The molecule has 0 aliphatic heterocycles. The molecule has 0 aliphatic carbocycles. The number of aromatic amines is 1. The lowest BCUT2D eigenvalue weighted by Gasteiger charge is -2.07. The van der Waals surface area contributed by atoms with Crippen LogP contribution in [0.1, 0.15) is 13.3 Å². The van der Waals surface area contributed by atoms with Crippen molar-refractivity contribution in [3.8, 4) is 6.07 Å². The van der Waals surface area contributed by atoms with Gasteiger partial charge in [-0.25, -0.2) is 4.98 Å². The molecule has 0 bridgehead atoms. The monoisotopic (exact) mass is 211 g/mol. The van der Waals surface area contributed by atoms with Gasteiger partial charge in [-0.05, 0) is 13.0 Å². The van der Waals surface area contributed by atoms with Gasteiger partial charge < -0.3 is 5.32 Å². The molecule has 1 heterocycles. The number of hydrogen-bond donors (Lipinski definition) is 2. The lowest BCUT2D eigenvalue weighted by atomic mass is 10.2. The van der Waals surface area contributed by atoms with Gasteiger partial charge in [0.1, 0.15) is 6.33 Å². The van der Waals surface area contributed by atoms with Crippen molar-refractivity contribution in [1.29, 1.82) is 5.26 Å². The van der Waals surface area contributed by atoms with Gasteiger partial charge in [-0.15, -0.1) is 0 Å². The van der Waals surface area contributed by atoms with Gasteiger partial charge >= 0.3 is 0 Å². The summed E-state index contributed by atoms with van der Waals surface area (Å²) in [5.74, 6) is 0.862. The zero-order valence-corrected chi connectivity index (χ0v) is 8.84. The van der Waals surface area contributed by atoms with Gasteiger partial charge in [-0.2, -0.15) is 10.4 Å². The molecule has 14 heavy (non-hydrogen) atoms. The van der Waals surface area contributed by atoms with Crippen LogP contribution in [-0.2, 0) is 0 Å². The van der Waals surface area contributed by atoms with E-state index in [2.05, 4.69) is 26.6 Å². The normalized spacial score (nSPS) is 12.3. The van der Waals surface area contributed by atoms with Crippen molar-refractivity contribution in [2.75, 3.05) is 12.3 Å². The quantitative estimate of drug-likeness (QED) is 0.680. The maximum atomic E-state index is 8.76. The summed E-state index contributed by atoms with van der Waals surface area (Å²) in [5.41, 5.74) is 0. The zero-order valence-electron chi connectivity index (χ0n) is 8.03. The topological polar surface area (TPSA) is 77.4 Å². The van der Waals surface area contributed by atoms with Gasteiger partial charge in [0.15, 0.2) is 5.16 Å². The Kier molecular flexibility index (Phi) is 5.04. The summed E-state index contributed by atoms with van der Waals surface area (Å²) in [5, 5.41) is 19.2. The first kappa shape index (κ1) is 11.0. The van der Waals surface area contributed by atoms with Gasteiger partial charge in [-0.3, -0.25) is 5.10 Å². The molecular formula is C8H13N5S. The molecule has 0 saturated carbocycles. The predicted molar refractivity (Wildman–Crippen MR) is 54.8 cm³/mol. The van der Waals surface area contributed by atoms with Crippen LogP contribution in [0.2, 0.25) is 0 Å². The smallest absolute Gasteiger partial charge is 0.183 e. The molecule has 1 unspecified atom stereocenters. The van der Waals surface area contributed by atoms with E-state index in [-0.39, 0.29) is 6.04 Å². The highest BCUT2D eigenvalue weighted by atomic mass is 32.2. The van der Waals surface area contributed by atoms with Crippen LogP contribution in [0.25, 0.3) is 0 Å². The molecule has 0 aromatic carbocycles. The third-order valence-corrected chi connectivity index (χ3v) is 2.55. The van der Waals surface area contributed by atoms with Crippen LogP contribution in [0.4, 0.5) is 0 Å². The number of H-pyrrole nitrogens is 1. The maximum absolute atomic E-state index is 8.76. The van der Waals surface area contributed by atoms with Crippen molar-refractivity contribution < 1.29 is 0 Å². The highest BCUT2D eigenvalue weighted by Gasteiger charge is 2.05. The van der Waals surface area contributed by atoms with E-state index < -0.39 is 0 Å². The highest BCUT2D eigenvalue weighted by Crippen LogP contribution is 2.12. The Hall–Kier alpha value is -1.06. The second-order valence-electron chi connectivity index (χ2n) is 2.67. The third kappa shape index (κ3) is 3.77. The first-order valence-electron chi connectivity index (χ1n) is 4.48. The molecule has 1 atom stereocenters. The zero-order chi connectivity index (χ0) is 10.2. The lowest BCUT2D eigenvalue weighted by Crippen LogP contribution is -2.27. The van der Waals surface area contributed by atoms with E-state index in [0.717, 1.165) is 23.9 Å². The van der Waals surface area contributed by atoms with Crippen LogP contribution < -0.4 is 5.32 Å². The molecule has 0 amide bonds. The van der Waals surface area contributed by atoms with Crippen molar-refractivity contribution >= 4 is 11.8 Å². The van der Waals surface area contributed by atoms with Gasteiger partial charge in [-0.1, -0.05) is 18.7 Å². The molecule has 0 radical (unpaired) electrons. The van der Waals surface area contributed by atoms with Crippen LogP contribution in [-0.4, -0.2) is 33.5 Å². The first-order valence-corrected chi connectivity index (χ1v) is 5.46. The molecule has 0 spiro atoms. The summed E-state index contributed by atoms with van der Waals surface area (Å²) in [7, 11) is 0. The van der Waals surface area contributed by atoms with E-state index in [0.29, 0.717) is 0 Å². The Morgan fingerprint density at radius 1 is 1.79 bits per heavy atom. The van der Waals surface area contributed by atoms with Gasteiger partial charge in [0, 0.05) is 5.75 Å². The molecule has 0 aliphatic rings. The summed E-state index contributed by atoms with van der Waals surface area (Å²) in [6.07, 6.45) is 2.30. The first-order chi connectivity index (χ1) is 6.86. The van der Waals surface area contributed by atoms with Crippen LogP contribution in [0.5, 0.6) is 0 Å². The number of nitriles is 1. The van der Waals surface area contributed by atoms with Gasteiger partial charge in [0.25, 0.3) is 0 Å². The summed E-state index contributed by atoms with van der Waals surface area (Å²) in [6, 6.07) is 2.15. The van der Waals surface area contributed by atoms with Crippen molar-refractivity contribution in [3.05, 3.63) is 6.33 Å². The Bertz CT molecular complexity index is 278. The fourth-order valence-electron chi connectivity index (χ4n) is 0.996. The number of thioether (sulfide) groups is 1. The van der Waals surface area contributed by atoms with Crippen molar-refractivity contribution in [2.24, 2.45) is 0 Å². The van der Waals surface area contributed by atoms with Crippen LogP contribution >= 0.6 is 11.8 Å². The van der Waals surface area contributed by atoms with E-state index in [1.165, 1.54) is 6.33 Å². The average molecular weight is 211 g/mol. The second-order valence-corrected chi connectivity index (χ2v) is 3.75. The fraction of sp³-hybridized carbons (Fsp3) is 0.625. The fourth-order valence-corrected chi connectivity index (χ4v) is 1.78. The Morgan fingerprint density at radius 2 is 2.64 bits per heavy atom. The van der Waals surface area contributed by atoms with Crippen LogP contribution in [0.3, 0.4) is 0 Å². The molecule has 6 heteroatoms. The molecule has 76 valence electrons. The molecule has 2 N–H and O–H groups in total. The molecule has 0 saturated heterocycles. The van der Waals surface area contributed by atoms with Gasteiger partial charge in [0.2, 0.25) is 0 Å². The molecule has 5 nitrogen and oxygen atoms in total. The molecule has 0 fully saturated rings. The van der Waals surface area contributed by atoms with E-state index in [4.69, 9.17) is 5.26 Å². The van der Waals surface area contributed by atoms with Crippen LogP contribution in [0.15, 0.2) is 11.5 Å². The highest BCUT2D eigenvalue weighted by molar-refractivity contribution is 7.99. The Morgan fingerprint density at radius 3 is 3.21 bits per heavy atom. The van der Waals surface area contributed by atoms with Crippen molar-refractivity contribution in [3.63, 3.8) is 0 Å². The van der Waals surface area contributed by atoms with Crippen molar-refractivity contribution in [2.45, 2.75) is 24.5 Å². The number of aromatic nitrogens is 3. The van der Waals surface area contributed by atoms with Crippen LogP contribution in [0, 0.1) is 11.3 Å². The predicted octanol–water partition coefficient (Wildman–Crippen LogP) is 0.789. The number of nitrogens with zero attached hydrogens (tertiary/aromatic N) is 3. The molecular weight excluding hydrogens is 198 g/mol. The molecule has 1 aromatic heterocycles. The Balaban J connectivity index is 2.17. The van der Waals surface area contributed by atoms with Gasteiger partial charge in [0.05, 0.1) is 12.1 Å². The lowest BCUT2D eigenvalue weighted by molar-refractivity contribution is 0.612. The van der Waals surface area contributed by atoms with E-state index in [1.54, 1.807) is 11.8 Å². The summed E-state index contributed by atoms with van der Waals surface area (Å²) in [4.78, 5) is 3.98. The summed E-state index contributed by atoms with van der Waals surface area (Å²) < 4.78 is 0. The van der Waals surface area contributed by atoms with E-state index in [1.807, 2.05) is 6.92 Å². The van der Waals surface area contributed by atoms with E-state index in [9.17, 15) is 0 Å². The third-order valence-electron chi connectivity index (χ3n) is 1.64. The minimum Gasteiger partial charge on any atom is -0.302 e. The van der Waals surface area contributed by atoms with E-state index >= 15 is 0 Å². The molecule has 1 rings (SSSR count). The SMILES string of the molecule is CCNC(C#N)CCSc1ncn[nH]1. The maximum Gasteiger partial charge on any atom is 0.183 e. The summed E-state index contributed by atoms with van der Waals surface area (Å²) >= 11 is 1.58. The standard InChI is InChI=1S/C8H13N5S/c1-2-10-7(5-9)3-4-14-8-11-6-12-13-8/h6-7,10H,2-4H2,1H3,(H,11,12,13). The minimum absolute atomic E-state index is 0.0598. The number of hydrogen-bond acceptors (Lipinski definition) is 5. The largest absolute Gasteiger partial charge is 0.302 e.